The summed E-state index contributed by atoms with van der Waals surface area (Å²) in [6.07, 6.45) is 5.44. The van der Waals surface area contributed by atoms with Crippen LogP contribution >= 0.6 is 0 Å². The summed E-state index contributed by atoms with van der Waals surface area (Å²) in [5.74, 6) is 0.745. The zero-order valence-corrected chi connectivity index (χ0v) is 12.0. The van der Waals surface area contributed by atoms with Crippen molar-refractivity contribution in [2.24, 2.45) is 5.41 Å². The molecule has 0 radical (unpaired) electrons. The molecule has 0 N–H and O–H groups in total. The van der Waals surface area contributed by atoms with Gasteiger partial charge in [-0.1, -0.05) is 6.92 Å². The van der Waals surface area contributed by atoms with Gasteiger partial charge in [0, 0.05) is 0 Å². The van der Waals surface area contributed by atoms with Crippen molar-refractivity contribution >= 4 is 9.84 Å². The quantitative estimate of drug-likeness (QED) is 0.545. The Morgan fingerprint density at radius 3 is 2.59 bits per heavy atom. The van der Waals surface area contributed by atoms with E-state index in [1.54, 1.807) is 6.26 Å². The Morgan fingerprint density at radius 2 is 2.12 bits per heavy atom. The molecule has 1 saturated heterocycles. The maximum absolute atomic E-state index is 11.5. The highest BCUT2D eigenvalue weighted by Gasteiger charge is 2.40. The Morgan fingerprint density at radius 1 is 1.41 bits per heavy atom. The zero-order valence-electron chi connectivity index (χ0n) is 11.2. The molecule has 0 aromatic rings. The van der Waals surface area contributed by atoms with Gasteiger partial charge in [-0.2, -0.15) is 0 Å². The van der Waals surface area contributed by atoms with Crippen LogP contribution in [0.25, 0.3) is 0 Å². The molecule has 4 heteroatoms. The molecule has 1 unspecified atom stereocenters. The number of rotatable bonds is 6. The van der Waals surface area contributed by atoms with Gasteiger partial charge in [0.1, 0.15) is 0 Å². The Bertz CT molecular complexity index is 366. The van der Waals surface area contributed by atoms with E-state index in [9.17, 15) is 8.42 Å². The fourth-order valence-corrected chi connectivity index (χ4v) is 4.71. The van der Waals surface area contributed by atoms with Gasteiger partial charge in [-0.25, -0.2) is 8.42 Å². The molecule has 3 nitrogen and oxygen atoms in total. The molecule has 0 saturated carbocycles. The number of allylic oxidation sites excluding steroid dienone is 1. The number of sulfone groups is 1. The number of ether oxygens (including phenoxy) is 1. The van der Waals surface area contributed by atoms with E-state index in [4.69, 9.17) is 4.74 Å². The second-order valence-electron chi connectivity index (χ2n) is 5.37. The minimum atomic E-state index is -2.77. The Balaban J connectivity index is 2.36. The van der Waals surface area contributed by atoms with Gasteiger partial charge in [0.05, 0.1) is 24.4 Å². The molecule has 100 valence electrons. The lowest BCUT2D eigenvalue weighted by Crippen LogP contribution is -2.21. The van der Waals surface area contributed by atoms with Crippen molar-refractivity contribution in [1.82, 2.24) is 0 Å². The van der Waals surface area contributed by atoms with E-state index in [0.29, 0.717) is 18.1 Å². The predicted molar refractivity (Wildman–Crippen MR) is 70.6 cm³/mol. The Labute approximate surface area is 105 Å². The molecule has 0 aromatic heterocycles. The molecule has 0 spiro atoms. The lowest BCUT2D eigenvalue weighted by molar-refractivity contribution is 0.203. The van der Waals surface area contributed by atoms with Crippen LogP contribution < -0.4 is 0 Å². The van der Waals surface area contributed by atoms with Crippen LogP contribution in [-0.2, 0) is 14.6 Å². The minimum absolute atomic E-state index is 0.0210. The lowest BCUT2D eigenvalue weighted by Gasteiger charge is -2.25. The summed E-state index contributed by atoms with van der Waals surface area (Å²) in [5.41, 5.74) is 1.17. The molecule has 1 fully saturated rings. The first kappa shape index (κ1) is 14.6. The van der Waals surface area contributed by atoms with E-state index in [1.807, 2.05) is 13.8 Å². The van der Waals surface area contributed by atoms with E-state index in [0.717, 1.165) is 31.3 Å². The second-order valence-corrected chi connectivity index (χ2v) is 7.55. The molecular formula is C13H24O3S. The third-order valence-electron chi connectivity index (χ3n) is 3.51. The van der Waals surface area contributed by atoms with Crippen LogP contribution in [0.1, 0.15) is 46.5 Å². The molecule has 17 heavy (non-hydrogen) atoms. The van der Waals surface area contributed by atoms with E-state index in [1.165, 1.54) is 0 Å². The maximum Gasteiger partial charge on any atom is 0.150 e. The Kier molecular flexibility index (Phi) is 5.04. The van der Waals surface area contributed by atoms with Crippen LogP contribution in [0.5, 0.6) is 0 Å². The summed E-state index contributed by atoms with van der Waals surface area (Å²) >= 11 is 0. The molecule has 0 bridgehead atoms. The van der Waals surface area contributed by atoms with Crippen molar-refractivity contribution < 1.29 is 13.2 Å². The number of hydrogen-bond acceptors (Lipinski definition) is 3. The molecule has 0 aliphatic carbocycles. The van der Waals surface area contributed by atoms with Gasteiger partial charge in [-0.05, 0) is 50.5 Å². The average molecular weight is 260 g/mol. The van der Waals surface area contributed by atoms with Crippen molar-refractivity contribution in [3.8, 4) is 0 Å². The number of hydrogen-bond donors (Lipinski definition) is 0. The molecule has 1 aliphatic heterocycles. The smallest absolute Gasteiger partial charge is 0.150 e. The second kappa shape index (κ2) is 5.89. The van der Waals surface area contributed by atoms with Crippen LogP contribution in [-0.4, -0.2) is 26.5 Å². The summed E-state index contributed by atoms with van der Waals surface area (Å²) in [4.78, 5) is 0. The monoisotopic (exact) mass is 260 g/mol. The summed E-state index contributed by atoms with van der Waals surface area (Å²) in [6.45, 7) is 6.78. The minimum Gasteiger partial charge on any atom is -0.501 e. The fourth-order valence-electron chi connectivity index (χ4n) is 2.39. The van der Waals surface area contributed by atoms with Crippen LogP contribution in [0.2, 0.25) is 0 Å². The highest BCUT2D eigenvalue weighted by molar-refractivity contribution is 7.91. The van der Waals surface area contributed by atoms with Gasteiger partial charge in [0.2, 0.25) is 0 Å². The van der Waals surface area contributed by atoms with Crippen LogP contribution in [0.4, 0.5) is 0 Å². The third-order valence-corrected chi connectivity index (χ3v) is 5.39. The van der Waals surface area contributed by atoms with Crippen molar-refractivity contribution in [1.29, 1.82) is 0 Å². The fraction of sp³-hybridized carbons (Fsp3) is 0.846. The highest BCUT2D eigenvalue weighted by atomic mass is 32.2. The first-order valence-corrected chi connectivity index (χ1v) is 8.17. The van der Waals surface area contributed by atoms with Gasteiger partial charge < -0.3 is 4.74 Å². The van der Waals surface area contributed by atoms with E-state index >= 15 is 0 Å². The predicted octanol–water partition coefficient (Wildman–Crippen LogP) is 2.92. The van der Waals surface area contributed by atoms with Gasteiger partial charge in [0.15, 0.2) is 9.84 Å². The van der Waals surface area contributed by atoms with Gasteiger partial charge in [0.25, 0.3) is 0 Å². The molecule has 0 amide bonds. The average Bonchev–Trinajstić information content (AvgIpc) is 2.54. The summed E-state index contributed by atoms with van der Waals surface area (Å²) in [5, 5.41) is 0. The summed E-state index contributed by atoms with van der Waals surface area (Å²) < 4.78 is 28.5. The van der Waals surface area contributed by atoms with Crippen molar-refractivity contribution in [3.63, 3.8) is 0 Å². The highest BCUT2D eigenvalue weighted by Crippen LogP contribution is 2.39. The zero-order chi connectivity index (χ0) is 12.9. The summed E-state index contributed by atoms with van der Waals surface area (Å²) in [6, 6.07) is 0. The van der Waals surface area contributed by atoms with E-state index in [-0.39, 0.29) is 5.41 Å². The SMILES string of the molecule is CCC1(CCCOC=C(C)C)CCS(=O)(=O)C1. The van der Waals surface area contributed by atoms with Gasteiger partial charge >= 0.3 is 0 Å². The lowest BCUT2D eigenvalue weighted by atomic mass is 9.80. The van der Waals surface area contributed by atoms with Crippen molar-refractivity contribution in [3.05, 3.63) is 11.8 Å². The largest absolute Gasteiger partial charge is 0.501 e. The third kappa shape index (κ3) is 4.70. The Hall–Kier alpha value is -0.510. The maximum atomic E-state index is 11.5. The normalized spacial score (nSPS) is 26.8. The molecule has 1 rings (SSSR count). The van der Waals surface area contributed by atoms with Gasteiger partial charge in [-0.15, -0.1) is 0 Å². The summed E-state index contributed by atoms with van der Waals surface area (Å²) in [7, 11) is -2.77. The first-order valence-electron chi connectivity index (χ1n) is 6.35. The van der Waals surface area contributed by atoms with E-state index < -0.39 is 9.84 Å². The molecule has 1 heterocycles. The molecule has 1 atom stereocenters. The van der Waals surface area contributed by atoms with Crippen LogP contribution in [0.3, 0.4) is 0 Å². The van der Waals surface area contributed by atoms with E-state index in [2.05, 4.69) is 6.92 Å². The molecule has 1 aliphatic rings. The topological polar surface area (TPSA) is 43.4 Å². The van der Waals surface area contributed by atoms with Crippen LogP contribution in [0, 0.1) is 5.41 Å². The standard InChI is InChI=1S/C13H24O3S/c1-4-13(7-9-17(14,15)11-13)6-5-8-16-10-12(2)3/h10H,4-9,11H2,1-3H3. The molecular weight excluding hydrogens is 236 g/mol. The van der Waals surface area contributed by atoms with Crippen molar-refractivity contribution in [2.45, 2.75) is 46.5 Å². The van der Waals surface area contributed by atoms with Crippen LogP contribution in [0.15, 0.2) is 11.8 Å². The van der Waals surface area contributed by atoms with Crippen molar-refractivity contribution in [2.75, 3.05) is 18.1 Å². The molecule has 0 aromatic carbocycles. The first-order chi connectivity index (χ1) is 7.89. The van der Waals surface area contributed by atoms with Gasteiger partial charge in [-0.3, -0.25) is 0 Å².